The van der Waals surface area contributed by atoms with Crippen LogP contribution in [0.3, 0.4) is 0 Å². The van der Waals surface area contributed by atoms with Crippen LogP contribution in [0.4, 0.5) is 28.8 Å². The quantitative estimate of drug-likeness (QED) is 0.520. The third-order valence-corrected chi connectivity index (χ3v) is 8.22. The van der Waals surface area contributed by atoms with Gasteiger partial charge in [0.05, 0.1) is 17.9 Å². The molecule has 11 heteroatoms. The van der Waals surface area contributed by atoms with Gasteiger partial charge in [0.25, 0.3) is 0 Å². The van der Waals surface area contributed by atoms with Gasteiger partial charge in [0.2, 0.25) is 23.6 Å². The molecule has 208 valence electrons. The normalized spacial score (nSPS) is 20.9. The van der Waals surface area contributed by atoms with Crippen LogP contribution in [-0.2, 0) is 9.59 Å². The molecule has 6 heterocycles. The molecule has 3 saturated heterocycles. The maximum Gasteiger partial charge on any atom is 0.238 e. The number of carbonyl (C=O) groups excluding carboxylic acids is 2. The van der Waals surface area contributed by atoms with Crippen molar-refractivity contribution >= 4 is 40.6 Å². The third kappa shape index (κ3) is 4.49. The Bertz CT molecular complexity index is 1460. The minimum absolute atomic E-state index is 0. The zero-order valence-electron chi connectivity index (χ0n) is 22.5. The fourth-order valence-corrected chi connectivity index (χ4v) is 5.97. The van der Waals surface area contributed by atoms with Crippen molar-refractivity contribution in [3.63, 3.8) is 0 Å². The lowest BCUT2D eigenvalue weighted by Gasteiger charge is -2.34. The Morgan fingerprint density at radius 3 is 2.58 bits per heavy atom. The molecule has 0 aliphatic carbocycles. The number of rotatable bonds is 5. The van der Waals surface area contributed by atoms with Gasteiger partial charge in [0, 0.05) is 64.4 Å². The largest absolute Gasteiger partial charge is 0.474 e. The number of benzene rings is 1. The number of hydrogen-bond donors (Lipinski definition) is 1. The minimum Gasteiger partial charge on any atom is -0.474 e. The van der Waals surface area contributed by atoms with Crippen LogP contribution < -0.4 is 24.8 Å². The van der Waals surface area contributed by atoms with E-state index in [9.17, 15) is 9.59 Å². The molecular weight excluding hydrogens is 508 g/mol. The van der Waals surface area contributed by atoms with E-state index in [-0.39, 0.29) is 19.3 Å². The molecule has 3 fully saturated rings. The molecule has 1 atom stereocenters. The second kappa shape index (κ2) is 10.1. The maximum atomic E-state index is 12.5. The van der Waals surface area contributed by atoms with Gasteiger partial charge in [-0.25, -0.2) is 9.97 Å². The van der Waals surface area contributed by atoms with E-state index in [1.807, 2.05) is 46.3 Å². The van der Waals surface area contributed by atoms with Crippen molar-refractivity contribution < 1.29 is 15.8 Å². The van der Waals surface area contributed by atoms with Crippen LogP contribution in [0, 0.1) is 0 Å². The lowest BCUT2D eigenvalue weighted by Crippen LogP contribution is -2.45. The van der Waals surface area contributed by atoms with Crippen molar-refractivity contribution in [2.24, 2.45) is 0 Å². The Balaban J connectivity index is 0.00000302. The third-order valence-electron chi connectivity index (χ3n) is 8.22. The Labute approximate surface area is 234 Å². The van der Waals surface area contributed by atoms with Crippen molar-refractivity contribution in [3.05, 3.63) is 42.7 Å². The first kappa shape index (κ1) is 24.8. The van der Waals surface area contributed by atoms with E-state index in [0.717, 1.165) is 68.2 Å². The highest BCUT2D eigenvalue weighted by molar-refractivity contribution is 5.98. The highest BCUT2D eigenvalue weighted by Crippen LogP contribution is 2.39. The number of fused-ring (bicyclic) bond motifs is 3. The minimum atomic E-state index is 0. The van der Waals surface area contributed by atoms with Crippen LogP contribution in [0.1, 0.15) is 27.1 Å². The standard InChI is InChI=1S/C29H32N8O3.H2/c1-34-11-13-35(14-12-34)27-23(19-4-6-21(7-5-19)36-10-2-3-25(36)38)17-31-29(33-27)32-20-15-24-28(30-16-20)40-18-22-8-9-26(39)37(22)24;/h4-7,15-17,22H,2-3,8-14,18H2,1H3,(H,31,32,33);1H/t22-;/m0./s1. The molecule has 4 aliphatic rings. The zero-order valence-corrected chi connectivity index (χ0v) is 22.5. The first-order chi connectivity index (χ1) is 19.5. The van der Waals surface area contributed by atoms with E-state index in [4.69, 9.17) is 9.72 Å². The molecular formula is C29H34N8O3. The monoisotopic (exact) mass is 542 g/mol. The lowest BCUT2D eigenvalue weighted by atomic mass is 10.1. The maximum absolute atomic E-state index is 12.5. The number of amides is 2. The molecule has 11 nitrogen and oxygen atoms in total. The lowest BCUT2D eigenvalue weighted by molar-refractivity contribution is -0.118. The SMILES string of the molecule is CN1CCN(c2nc(Nc3cnc4c(c3)N3C(=O)CC[C@H]3CO4)ncc2-c2ccc(N3CCCC3=O)cc2)CC1.[HH]. The van der Waals surface area contributed by atoms with Crippen LogP contribution in [0.5, 0.6) is 5.88 Å². The van der Waals surface area contributed by atoms with Crippen molar-refractivity contribution in [2.45, 2.75) is 31.7 Å². The highest BCUT2D eigenvalue weighted by Gasteiger charge is 2.38. The number of likely N-dealkylation sites (N-methyl/N-ethyl adjacent to an activating group) is 1. The number of hydrogen-bond acceptors (Lipinski definition) is 9. The Hall–Kier alpha value is -4.25. The van der Waals surface area contributed by atoms with Crippen LogP contribution in [-0.4, -0.2) is 84.1 Å². The molecule has 0 unspecified atom stereocenters. The molecule has 2 aromatic heterocycles. The fourth-order valence-electron chi connectivity index (χ4n) is 5.97. The molecule has 0 saturated carbocycles. The number of carbonyl (C=O) groups is 2. The smallest absolute Gasteiger partial charge is 0.238 e. The molecule has 3 aromatic rings. The van der Waals surface area contributed by atoms with Crippen molar-refractivity contribution in [3.8, 4) is 17.0 Å². The van der Waals surface area contributed by atoms with Gasteiger partial charge in [-0.15, -0.1) is 0 Å². The van der Waals surface area contributed by atoms with Gasteiger partial charge in [-0.05, 0) is 43.7 Å². The number of pyridine rings is 1. The summed E-state index contributed by atoms with van der Waals surface area (Å²) in [4.78, 5) is 47.1. The summed E-state index contributed by atoms with van der Waals surface area (Å²) in [6.45, 7) is 4.86. The fraction of sp³-hybridized carbons (Fsp3) is 0.414. The van der Waals surface area contributed by atoms with Gasteiger partial charge < -0.3 is 29.7 Å². The molecule has 2 amide bonds. The zero-order chi connectivity index (χ0) is 27.2. The van der Waals surface area contributed by atoms with Gasteiger partial charge in [-0.2, -0.15) is 4.98 Å². The topological polar surface area (TPSA) is 107 Å². The van der Waals surface area contributed by atoms with E-state index >= 15 is 0 Å². The summed E-state index contributed by atoms with van der Waals surface area (Å²) < 4.78 is 5.81. The Morgan fingerprint density at radius 1 is 0.975 bits per heavy atom. The molecule has 40 heavy (non-hydrogen) atoms. The summed E-state index contributed by atoms with van der Waals surface area (Å²) in [5.41, 5.74) is 4.25. The van der Waals surface area contributed by atoms with Gasteiger partial charge >= 0.3 is 0 Å². The summed E-state index contributed by atoms with van der Waals surface area (Å²) in [6.07, 6.45) is 6.37. The van der Waals surface area contributed by atoms with Crippen LogP contribution in [0.15, 0.2) is 42.7 Å². The second-order valence-corrected chi connectivity index (χ2v) is 10.9. The van der Waals surface area contributed by atoms with Crippen LogP contribution >= 0.6 is 0 Å². The van der Waals surface area contributed by atoms with Crippen LogP contribution in [0.25, 0.3) is 11.1 Å². The van der Waals surface area contributed by atoms with E-state index < -0.39 is 0 Å². The summed E-state index contributed by atoms with van der Waals surface area (Å²) in [5, 5.41) is 3.31. The molecule has 0 bridgehead atoms. The molecule has 1 N–H and O–H groups in total. The summed E-state index contributed by atoms with van der Waals surface area (Å²) in [6, 6.07) is 10.1. The predicted molar refractivity (Wildman–Crippen MR) is 154 cm³/mol. The summed E-state index contributed by atoms with van der Waals surface area (Å²) >= 11 is 0. The van der Waals surface area contributed by atoms with Crippen molar-refractivity contribution in [2.75, 3.05) is 66.4 Å². The molecule has 7 rings (SSSR count). The van der Waals surface area contributed by atoms with E-state index in [0.29, 0.717) is 42.7 Å². The first-order valence-corrected chi connectivity index (χ1v) is 14.0. The van der Waals surface area contributed by atoms with Gasteiger partial charge in [0.1, 0.15) is 18.1 Å². The number of piperazine rings is 1. The molecule has 4 aliphatic heterocycles. The van der Waals surface area contributed by atoms with Crippen molar-refractivity contribution in [1.29, 1.82) is 0 Å². The van der Waals surface area contributed by atoms with Gasteiger partial charge in [-0.1, -0.05) is 12.1 Å². The van der Waals surface area contributed by atoms with E-state index in [1.54, 1.807) is 6.20 Å². The Morgan fingerprint density at radius 2 is 1.80 bits per heavy atom. The predicted octanol–water partition coefficient (Wildman–Crippen LogP) is 3.29. The molecule has 0 spiro atoms. The van der Waals surface area contributed by atoms with Gasteiger partial charge in [-0.3, -0.25) is 9.59 Å². The molecule has 1 aromatic carbocycles. The van der Waals surface area contributed by atoms with E-state index in [2.05, 4.69) is 32.1 Å². The van der Waals surface area contributed by atoms with Gasteiger partial charge in [0.15, 0.2) is 0 Å². The first-order valence-electron chi connectivity index (χ1n) is 14.0. The molecule has 0 radical (unpaired) electrons. The van der Waals surface area contributed by atoms with Crippen molar-refractivity contribution in [1.82, 2.24) is 19.9 Å². The summed E-state index contributed by atoms with van der Waals surface area (Å²) in [5.74, 6) is 2.08. The number of anilines is 5. The average Bonchev–Trinajstić information content (AvgIpc) is 3.59. The highest BCUT2D eigenvalue weighted by atomic mass is 16.5. The Kier molecular flexibility index (Phi) is 6.22. The number of ether oxygens (including phenoxy) is 1. The van der Waals surface area contributed by atoms with E-state index in [1.165, 1.54) is 0 Å². The average molecular weight is 543 g/mol. The number of nitrogens with one attached hydrogen (secondary N) is 1. The number of nitrogens with zero attached hydrogens (tertiary/aromatic N) is 7. The number of aromatic nitrogens is 3. The summed E-state index contributed by atoms with van der Waals surface area (Å²) in [7, 11) is 2.13. The second-order valence-electron chi connectivity index (χ2n) is 10.9. The van der Waals surface area contributed by atoms with Crippen LogP contribution in [0.2, 0.25) is 0 Å².